The minimum atomic E-state index is -0.786. The molecule has 4 nitrogen and oxygen atoms in total. The monoisotopic (exact) mass is 328 g/mol. The first-order chi connectivity index (χ1) is 11.4. The maximum Gasteiger partial charge on any atom is 0.321 e. The Labute approximate surface area is 142 Å². The van der Waals surface area contributed by atoms with Crippen LogP contribution in [-0.4, -0.2) is 24.1 Å². The summed E-state index contributed by atoms with van der Waals surface area (Å²) in [4.78, 5) is 26.5. The zero-order chi connectivity index (χ0) is 17.0. The van der Waals surface area contributed by atoms with Gasteiger partial charge in [-0.3, -0.25) is 9.59 Å². The quantitative estimate of drug-likeness (QED) is 0.506. The van der Waals surface area contributed by atoms with Crippen molar-refractivity contribution in [3.05, 3.63) is 22.3 Å². The van der Waals surface area contributed by atoms with Crippen molar-refractivity contribution in [2.45, 2.75) is 65.6 Å². The molecule has 6 atom stereocenters. The van der Waals surface area contributed by atoms with Gasteiger partial charge in [0, 0.05) is 0 Å². The van der Waals surface area contributed by atoms with Crippen LogP contribution in [0.15, 0.2) is 22.3 Å². The van der Waals surface area contributed by atoms with Gasteiger partial charge in [0.2, 0.25) is 0 Å². The Kier molecular flexibility index (Phi) is 2.55. The van der Waals surface area contributed by atoms with E-state index in [1.54, 1.807) is 0 Å². The molecule has 3 aliphatic carbocycles. The molecule has 0 unspecified atom stereocenters. The number of hydrogen-bond acceptors (Lipinski definition) is 4. The van der Waals surface area contributed by atoms with E-state index in [9.17, 15) is 9.59 Å². The fourth-order valence-corrected chi connectivity index (χ4v) is 6.70. The van der Waals surface area contributed by atoms with Gasteiger partial charge >= 0.3 is 11.9 Å². The van der Waals surface area contributed by atoms with Crippen molar-refractivity contribution in [1.82, 2.24) is 0 Å². The number of esters is 2. The number of ether oxygens (including phenoxy) is 2. The summed E-state index contributed by atoms with van der Waals surface area (Å²) in [7, 11) is 0. The fraction of sp³-hybridized carbons (Fsp3) is 0.700. The van der Waals surface area contributed by atoms with Crippen LogP contribution >= 0.6 is 0 Å². The Morgan fingerprint density at radius 3 is 1.54 bits per heavy atom. The lowest BCUT2D eigenvalue weighted by molar-refractivity contribution is -0.205. The largest absolute Gasteiger partial charge is 0.455 e. The molecule has 5 aliphatic heterocycles. The third-order valence-electron chi connectivity index (χ3n) is 7.90. The standard InChI is InChI=1S/C20H24O4/c1-9-5-7-13-11(3)16-20-10(2)6-8-14(20)12(4)15(23-18(20)22)19(9,13)17(21)24-16/h9-10,15-16H,5-8H2,1-4H3/t9-,10-,15-,16+,19+,20-/m0/s1. The molecule has 0 amide bonds. The predicted molar refractivity (Wildman–Crippen MR) is 86.8 cm³/mol. The second-order valence-electron chi connectivity index (χ2n) is 8.51. The van der Waals surface area contributed by atoms with E-state index in [1.807, 2.05) is 0 Å². The molecule has 3 fully saturated rings. The molecule has 0 radical (unpaired) electrons. The first-order valence-electron chi connectivity index (χ1n) is 9.20. The van der Waals surface area contributed by atoms with Crippen molar-refractivity contribution in [2.24, 2.45) is 22.7 Å². The minimum Gasteiger partial charge on any atom is -0.455 e. The molecule has 2 saturated carbocycles. The molecule has 8 aliphatic rings. The highest BCUT2D eigenvalue weighted by Crippen LogP contribution is 2.67. The fourth-order valence-electron chi connectivity index (χ4n) is 6.70. The van der Waals surface area contributed by atoms with Crippen molar-refractivity contribution in [3.8, 4) is 0 Å². The molecule has 8 rings (SSSR count). The van der Waals surface area contributed by atoms with E-state index in [2.05, 4.69) is 27.7 Å². The third kappa shape index (κ3) is 1.19. The average molecular weight is 328 g/mol. The zero-order valence-electron chi connectivity index (χ0n) is 14.8. The van der Waals surface area contributed by atoms with Crippen LogP contribution in [0.4, 0.5) is 0 Å². The molecule has 0 N–H and O–H groups in total. The van der Waals surface area contributed by atoms with Crippen LogP contribution in [0.2, 0.25) is 0 Å². The highest BCUT2D eigenvalue weighted by molar-refractivity contribution is 5.93. The van der Waals surface area contributed by atoms with Gasteiger partial charge in [0.1, 0.15) is 23.0 Å². The van der Waals surface area contributed by atoms with Crippen molar-refractivity contribution in [1.29, 1.82) is 0 Å². The molecule has 0 aromatic heterocycles. The molecule has 24 heavy (non-hydrogen) atoms. The van der Waals surface area contributed by atoms with E-state index in [0.717, 1.165) is 36.8 Å². The summed E-state index contributed by atoms with van der Waals surface area (Å²) in [5, 5.41) is 0. The van der Waals surface area contributed by atoms with Gasteiger partial charge in [-0.25, -0.2) is 0 Å². The van der Waals surface area contributed by atoms with Gasteiger partial charge in [-0.1, -0.05) is 13.8 Å². The van der Waals surface area contributed by atoms with Crippen LogP contribution in [0.5, 0.6) is 0 Å². The topological polar surface area (TPSA) is 52.6 Å². The summed E-state index contributed by atoms with van der Waals surface area (Å²) < 4.78 is 12.1. The molecule has 5 heterocycles. The summed E-state index contributed by atoms with van der Waals surface area (Å²) in [6.45, 7) is 8.38. The predicted octanol–water partition coefficient (Wildman–Crippen LogP) is 3.32. The van der Waals surface area contributed by atoms with Crippen molar-refractivity contribution >= 4 is 11.9 Å². The second kappa shape index (κ2) is 4.14. The van der Waals surface area contributed by atoms with Gasteiger partial charge in [-0.15, -0.1) is 0 Å². The van der Waals surface area contributed by atoms with Crippen molar-refractivity contribution < 1.29 is 19.1 Å². The SMILES string of the molecule is CC1=C2CC[C@H](C)[C@@]23C(=O)O[C@H]1[C@@]12C(=O)O[C@H]3C(C)=C1CC[C@@H]2C. The minimum absolute atomic E-state index is 0.133. The lowest BCUT2D eigenvalue weighted by atomic mass is 9.56. The van der Waals surface area contributed by atoms with E-state index in [4.69, 9.17) is 9.47 Å². The van der Waals surface area contributed by atoms with Crippen LogP contribution in [0.3, 0.4) is 0 Å². The summed E-state index contributed by atoms with van der Waals surface area (Å²) in [5.74, 6) is -0.0534. The van der Waals surface area contributed by atoms with Crippen molar-refractivity contribution in [3.63, 3.8) is 0 Å². The second-order valence-corrected chi connectivity index (χ2v) is 8.51. The van der Waals surface area contributed by atoms with E-state index < -0.39 is 23.0 Å². The van der Waals surface area contributed by atoms with Crippen LogP contribution in [0.1, 0.15) is 53.4 Å². The Hall–Kier alpha value is -1.58. The molecular formula is C20H24O4. The Morgan fingerprint density at radius 1 is 0.792 bits per heavy atom. The Balaban J connectivity index is 1.92. The summed E-state index contributed by atoms with van der Waals surface area (Å²) in [5.41, 5.74) is 3.08. The average Bonchev–Trinajstić information content (AvgIpc) is 3.06. The molecule has 0 aromatic carbocycles. The molecule has 0 aromatic rings. The lowest BCUT2D eigenvalue weighted by Gasteiger charge is -2.56. The molecular weight excluding hydrogens is 304 g/mol. The van der Waals surface area contributed by atoms with E-state index in [0.29, 0.717) is 0 Å². The van der Waals surface area contributed by atoms with Gasteiger partial charge in [-0.05, 0) is 73.7 Å². The molecule has 128 valence electrons. The Bertz CT molecular complexity index is 696. The number of rotatable bonds is 0. The molecule has 2 spiro atoms. The molecule has 4 bridgehead atoms. The molecule has 1 saturated heterocycles. The first-order valence-corrected chi connectivity index (χ1v) is 9.20. The van der Waals surface area contributed by atoms with Crippen LogP contribution in [-0.2, 0) is 19.1 Å². The maximum atomic E-state index is 13.3. The van der Waals surface area contributed by atoms with Crippen LogP contribution < -0.4 is 0 Å². The van der Waals surface area contributed by atoms with Crippen LogP contribution in [0, 0.1) is 22.7 Å². The van der Waals surface area contributed by atoms with Crippen molar-refractivity contribution in [2.75, 3.05) is 0 Å². The van der Waals surface area contributed by atoms with Gasteiger partial charge in [0.15, 0.2) is 0 Å². The first kappa shape index (κ1) is 14.7. The summed E-state index contributed by atoms with van der Waals surface area (Å²) >= 11 is 0. The normalized spacial score (nSPS) is 49.0. The summed E-state index contributed by atoms with van der Waals surface area (Å²) in [6, 6.07) is 0. The van der Waals surface area contributed by atoms with Gasteiger partial charge < -0.3 is 9.47 Å². The number of carbonyl (C=O) groups is 2. The van der Waals surface area contributed by atoms with Crippen LogP contribution in [0.25, 0.3) is 0 Å². The Morgan fingerprint density at radius 2 is 1.17 bits per heavy atom. The smallest absolute Gasteiger partial charge is 0.321 e. The zero-order valence-corrected chi connectivity index (χ0v) is 14.8. The molecule has 4 heteroatoms. The highest BCUT2D eigenvalue weighted by atomic mass is 16.6. The van der Waals surface area contributed by atoms with Gasteiger partial charge in [0.25, 0.3) is 0 Å². The lowest BCUT2D eigenvalue weighted by Crippen LogP contribution is -2.65. The van der Waals surface area contributed by atoms with Gasteiger partial charge in [-0.2, -0.15) is 0 Å². The van der Waals surface area contributed by atoms with E-state index >= 15 is 0 Å². The van der Waals surface area contributed by atoms with E-state index in [-0.39, 0.29) is 23.8 Å². The number of carbonyl (C=O) groups excluding carboxylic acids is 2. The highest BCUT2D eigenvalue weighted by Gasteiger charge is 2.73. The number of hydrogen-bond donors (Lipinski definition) is 0. The third-order valence-corrected chi connectivity index (χ3v) is 7.90. The maximum absolute atomic E-state index is 13.3. The van der Waals surface area contributed by atoms with E-state index in [1.165, 1.54) is 11.1 Å². The summed E-state index contributed by atoms with van der Waals surface area (Å²) in [6.07, 6.45) is 2.78. The van der Waals surface area contributed by atoms with Gasteiger partial charge in [0.05, 0.1) is 0 Å².